The number of anilines is 2. The second kappa shape index (κ2) is 12.9. The zero-order valence-electron chi connectivity index (χ0n) is 23.3. The van der Waals surface area contributed by atoms with Gasteiger partial charge in [0.05, 0.1) is 13.7 Å². The van der Waals surface area contributed by atoms with Gasteiger partial charge in [-0.15, -0.1) is 0 Å². The molecular formula is C33H31N3O6. The number of aromatic hydroxyl groups is 1. The van der Waals surface area contributed by atoms with Gasteiger partial charge in [-0.3, -0.25) is 4.79 Å². The summed E-state index contributed by atoms with van der Waals surface area (Å²) in [6.45, 7) is 0.995. The van der Waals surface area contributed by atoms with Gasteiger partial charge in [-0.05, 0) is 54.1 Å². The van der Waals surface area contributed by atoms with Crippen molar-refractivity contribution < 1.29 is 28.6 Å². The number of likely N-dealkylation sites (N-methyl/N-ethyl adjacent to an activating group) is 1. The number of rotatable bonds is 12. The summed E-state index contributed by atoms with van der Waals surface area (Å²) in [5.41, 5.74) is 3.64. The van der Waals surface area contributed by atoms with Gasteiger partial charge in [0.1, 0.15) is 29.7 Å². The van der Waals surface area contributed by atoms with Gasteiger partial charge in [-0.25, -0.2) is 4.79 Å². The molecule has 9 heteroatoms. The maximum absolute atomic E-state index is 13.2. The summed E-state index contributed by atoms with van der Waals surface area (Å²) < 4.78 is 16.8. The van der Waals surface area contributed by atoms with Crippen molar-refractivity contribution in [3.8, 4) is 11.5 Å². The van der Waals surface area contributed by atoms with Crippen molar-refractivity contribution in [1.82, 2.24) is 4.98 Å². The number of methoxy groups -OCH3 is 1. The van der Waals surface area contributed by atoms with Crippen molar-refractivity contribution in [2.24, 2.45) is 0 Å². The van der Waals surface area contributed by atoms with E-state index in [-0.39, 0.29) is 11.5 Å². The first-order valence-corrected chi connectivity index (χ1v) is 13.5. The fraction of sp³-hybridized carbons (Fsp3) is 0.182. The number of oxazole rings is 1. The first kappa shape index (κ1) is 28.2. The zero-order chi connectivity index (χ0) is 29.5. The molecule has 9 nitrogen and oxygen atoms in total. The normalized spacial score (nSPS) is 11.6. The molecule has 0 aliphatic heterocycles. The Balaban J connectivity index is 1.21. The van der Waals surface area contributed by atoms with Crippen molar-refractivity contribution >= 4 is 34.6 Å². The molecule has 1 heterocycles. The maximum atomic E-state index is 13.2. The number of carbonyl (C=O) groups excluding carboxylic acids is 2. The van der Waals surface area contributed by atoms with Gasteiger partial charge in [-0.2, -0.15) is 4.98 Å². The number of hydrogen-bond donors (Lipinski definition) is 2. The average Bonchev–Trinajstić information content (AvgIpc) is 3.46. The van der Waals surface area contributed by atoms with Gasteiger partial charge in [-0.1, -0.05) is 48.5 Å². The van der Waals surface area contributed by atoms with E-state index in [2.05, 4.69) is 10.3 Å². The van der Waals surface area contributed by atoms with Crippen molar-refractivity contribution in [1.29, 1.82) is 0 Å². The van der Waals surface area contributed by atoms with E-state index in [4.69, 9.17) is 13.9 Å². The molecule has 0 bridgehead atoms. The lowest BCUT2D eigenvalue weighted by Crippen LogP contribution is -2.33. The van der Waals surface area contributed by atoms with E-state index in [1.807, 2.05) is 60.5 Å². The second-order valence-corrected chi connectivity index (χ2v) is 9.73. The third-order valence-electron chi connectivity index (χ3n) is 6.76. The fourth-order valence-corrected chi connectivity index (χ4v) is 4.51. The Bertz CT molecular complexity index is 1650. The van der Waals surface area contributed by atoms with E-state index >= 15 is 0 Å². The molecular weight excluding hydrogens is 534 g/mol. The number of para-hydroxylation sites is 3. The molecule has 0 radical (unpaired) electrons. The number of phenolic OH excluding ortho intramolecular Hbond substituents is 1. The van der Waals surface area contributed by atoms with Gasteiger partial charge >= 0.3 is 5.97 Å². The number of ether oxygens (including phenoxy) is 2. The predicted octanol–water partition coefficient (Wildman–Crippen LogP) is 5.48. The fourth-order valence-electron chi connectivity index (χ4n) is 4.51. The number of carbonyl (C=O) groups is 2. The molecule has 4 aromatic carbocycles. The first-order valence-electron chi connectivity index (χ1n) is 13.5. The lowest BCUT2D eigenvalue weighted by atomic mass is 10.00. The summed E-state index contributed by atoms with van der Waals surface area (Å²) >= 11 is 0. The van der Waals surface area contributed by atoms with Gasteiger partial charge < -0.3 is 29.2 Å². The molecule has 0 saturated heterocycles. The molecule has 2 N–H and O–H groups in total. The number of fused-ring (bicyclic) bond motifs is 1. The molecule has 214 valence electrons. The molecule has 0 saturated carbocycles. The highest BCUT2D eigenvalue weighted by atomic mass is 16.5. The average molecular weight is 566 g/mol. The van der Waals surface area contributed by atoms with Crippen molar-refractivity contribution in [3.05, 3.63) is 114 Å². The molecule has 0 aliphatic rings. The number of ketones is 1. The monoisotopic (exact) mass is 565 g/mol. The number of hydrogen-bond acceptors (Lipinski definition) is 9. The largest absolute Gasteiger partial charge is 0.508 e. The van der Waals surface area contributed by atoms with Crippen LogP contribution in [-0.4, -0.2) is 55.2 Å². The van der Waals surface area contributed by atoms with Crippen LogP contribution in [0.1, 0.15) is 21.5 Å². The van der Waals surface area contributed by atoms with Crippen LogP contribution < -0.4 is 15.0 Å². The molecule has 1 atom stereocenters. The summed E-state index contributed by atoms with van der Waals surface area (Å²) in [5.74, 6) is -0.0474. The highest BCUT2D eigenvalue weighted by Gasteiger charge is 2.23. The molecule has 0 fully saturated rings. The molecule has 5 rings (SSSR count). The van der Waals surface area contributed by atoms with Crippen molar-refractivity contribution in [2.75, 3.05) is 37.5 Å². The molecule has 42 heavy (non-hydrogen) atoms. The van der Waals surface area contributed by atoms with Crippen molar-refractivity contribution in [2.45, 2.75) is 12.5 Å². The third kappa shape index (κ3) is 6.69. The van der Waals surface area contributed by atoms with E-state index in [9.17, 15) is 14.7 Å². The van der Waals surface area contributed by atoms with Crippen LogP contribution in [-0.2, 0) is 16.0 Å². The Hall–Kier alpha value is -5.31. The maximum Gasteiger partial charge on any atom is 0.328 e. The van der Waals surface area contributed by atoms with Crippen LogP contribution in [0, 0.1) is 0 Å². The molecule has 0 aliphatic carbocycles. The number of aromatic nitrogens is 1. The van der Waals surface area contributed by atoms with Crippen molar-refractivity contribution in [3.63, 3.8) is 0 Å². The van der Waals surface area contributed by atoms with Crippen LogP contribution in [0.15, 0.2) is 101 Å². The summed E-state index contributed by atoms with van der Waals surface area (Å²) in [4.78, 5) is 32.3. The summed E-state index contributed by atoms with van der Waals surface area (Å²) in [5, 5.41) is 13.0. The number of nitrogens with zero attached hydrogens (tertiary/aromatic N) is 2. The summed E-state index contributed by atoms with van der Waals surface area (Å²) in [6.07, 6.45) is 0.321. The third-order valence-corrected chi connectivity index (χ3v) is 6.76. The van der Waals surface area contributed by atoms with E-state index in [1.54, 1.807) is 36.4 Å². The number of benzene rings is 4. The van der Waals surface area contributed by atoms with Gasteiger partial charge in [0, 0.05) is 30.3 Å². The highest BCUT2D eigenvalue weighted by molar-refractivity contribution is 6.12. The molecule has 5 aromatic rings. The van der Waals surface area contributed by atoms with Gasteiger partial charge in [0.25, 0.3) is 6.01 Å². The lowest BCUT2D eigenvalue weighted by Gasteiger charge is -2.20. The van der Waals surface area contributed by atoms with E-state index in [0.717, 1.165) is 16.7 Å². The summed E-state index contributed by atoms with van der Waals surface area (Å²) in [6, 6.07) is 28.0. The van der Waals surface area contributed by atoms with Crippen LogP contribution in [0.25, 0.3) is 11.1 Å². The van der Waals surface area contributed by atoms with Crippen LogP contribution in [0.3, 0.4) is 0 Å². The smallest absolute Gasteiger partial charge is 0.328 e. The number of nitrogens with one attached hydrogen (secondary N) is 1. The predicted molar refractivity (Wildman–Crippen MR) is 160 cm³/mol. The van der Waals surface area contributed by atoms with Crippen LogP contribution in [0.4, 0.5) is 11.7 Å². The number of esters is 1. The Morgan fingerprint density at radius 1 is 0.976 bits per heavy atom. The minimum absolute atomic E-state index is 0.00128. The minimum atomic E-state index is -0.746. The van der Waals surface area contributed by atoms with Crippen LogP contribution in [0.5, 0.6) is 11.5 Å². The van der Waals surface area contributed by atoms with Gasteiger partial charge in [0.2, 0.25) is 0 Å². The first-order chi connectivity index (χ1) is 20.4. The highest BCUT2D eigenvalue weighted by Crippen LogP contribution is 2.24. The van der Waals surface area contributed by atoms with Crippen LogP contribution >= 0.6 is 0 Å². The quantitative estimate of drug-likeness (QED) is 0.150. The number of phenols is 1. The minimum Gasteiger partial charge on any atom is -0.508 e. The second-order valence-electron chi connectivity index (χ2n) is 9.73. The topological polar surface area (TPSA) is 114 Å². The zero-order valence-corrected chi connectivity index (χ0v) is 23.3. The van der Waals surface area contributed by atoms with E-state index in [0.29, 0.717) is 48.2 Å². The Morgan fingerprint density at radius 3 is 2.50 bits per heavy atom. The molecule has 1 aromatic heterocycles. The van der Waals surface area contributed by atoms with E-state index in [1.165, 1.54) is 19.2 Å². The van der Waals surface area contributed by atoms with Crippen LogP contribution in [0.2, 0.25) is 0 Å². The van der Waals surface area contributed by atoms with E-state index < -0.39 is 12.0 Å². The summed E-state index contributed by atoms with van der Waals surface area (Å²) in [7, 11) is 3.22. The molecule has 1 unspecified atom stereocenters. The lowest BCUT2D eigenvalue weighted by molar-refractivity contribution is -0.141. The molecule has 0 spiro atoms. The van der Waals surface area contributed by atoms with Gasteiger partial charge in [0.15, 0.2) is 11.4 Å². The SMILES string of the molecule is COC(=O)C(Cc1ccc(OCCN(C)c2nc3ccccc3o2)cc1)Nc1ccccc1C(=O)c1cccc(O)c1. The Labute approximate surface area is 243 Å². The Morgan fingerprint density at radius 2 is 1.74 bits per heavy atom. The Kier molecular flexibility index (Phi) is 8.67. The molecule has 0 amide bonds. The standard InChI is InChI=1S/C33H31N3O6/c1-36(33-35-28-12-5-6-13-30(28)42-33)18-19-41-25-16-14-22(15-17-25)20-29(32(39)40-2)34-27-11-4-3-10-26(27)31(38)23-8-7-9-24(37)21-23/h3-17,21,29,34,37H,18-20H2,1-2H3.